The molecule has 1 N–H and O–H groups in total. The Balaban J connectivity index is 1.98. The van der Waals surface area contributed by atoms with Crippen molar-refractivity contribution in [1.82, 2.24) is 5.32 Å². The zero-order chi connectivity index (χ0) is 12.1. The van der Waals surface area contributed by atoms with Crippen LogP contribution in [-0.4, -0.2) is 33.4 Å². The Hall–Kier alpha value is -1.42. The number of ether oxygens (including phenoxy) is 3. The number of nitrogens with one attached hydrogen (secondary N) is 1. The molecular weight excluding hydrogens is 218 g/mol. The van der Waals surface area contributed by atoms with Crippen LogP contribution in [0.4, 0.5) is 0 Å². The van der Waals surface area contributed by atoms with Crippen LogP contribution >= 0.6 is 0 Å². The van der Waals surface area contributed by atoms with Crippen LogP contribution in [0.2, 0.25) is 0 Å². The average molecular weight is 237 g/mol. The van der Waals surface area contributed by atoms with E-state index >= 15 is 0 Å². The van der Waals surface area contributed by atoms with Crippen molar-refractivity contribution in [2.24, 2.45) is 0 Å². The van der Waals surface area contributed by atoms with E-state index in [0.717, 1.165) is 23.8 Å². The average Bonchev–Trinajstić information content (AvgIpc) is 2.89. The lowest BCUT2D eigenvalue weighted by Gasteiger charge is -2.13. The van der Waals surface area contributed by atoms with Gasteiger partial charge in [0.05, 0.1) is 14.2 Å². The predicted octanol–water partition coefficient (Wildman–Crippen LogP) is 1.83. The minimum atomic E-state index is 0.465. The zero-order valence-corrected chi connectivity index (χ0v) is 10.4. The molecule has 1 heterocycles. The molecule has 4 nitrogen and oxygen atoms in total. The van der Waals surface area contributed by atoms with Gasteiger partial charge in [-0.2, -0.15) is 0 Å². The minimum Gasteiger partial charge on any atom is -0.496 e. The Morgan fingerprint density at radius 3 is 2.29 bits per heavy atom. The second-order valence-corrected chi connectivity index (χ2v) is 4.15. The lowest BCUT2D eigenvalue weighted by atomic mass is 10.2. The van der Waals surface area contributed by atoms with Crippen LogP contribution in [-0.2, 0) is 0 Å². The maximum absolute atomic E-state index is 5.75. The lowest BCUT2D eigenvalue weighted by Crippen LogP contribution is -2.28. The summed E-state index contributed by atoms with van der Waals surface area (Å²) in [6.07, 6.45) is 2.41. The molecule has 4 heteroatoms. The van der Waals surface area contributed by atoms with Crippen molar-refractivity contribution in [3.8, 4) is 17.2 Å². The maximum atomic E-state index is 5.75. The van der Waals surface area contributed by atoms with Crippen LogP contribution in [0, 0.1) is 0 Å². The van der Waals surface area contributed by atoms with E-state index in [1.54, 1.807) is 14.2 Å². The molecule has 1 aromatic carbocycles. The molecule has 0 unspecified atom stereocenters. The van der Waals surface area contributed by atoms with E-state index in [0.29, 0.717) is 12.6 Å². The monoisotopic (exact) mass is 237 g/mol. The maximum Gasteiger partial charge on any atom is 0.126 e. The second-order valence-electron chi connectivity index (χ2n) is 4.15. The third-order valence-corrected chi connectivity index (χ3v) is 2.94. The molecule has 0 aliphatic carbocycles. The van der Waals surface area contributed by atoms with E-state index in [2.05, 4.69) is 5.32 Å². The first-order chi connectivity index (χ1) is 8.31. The molecule has 1 aromatic rings. The van der Waals surface area contributed by atoms with Gasteiger partial charge >= 0.3 is 0 Å². The van der Waals surface area contributed by atoms with Gasteiger partial charge < -0.3 is 19.5 Å². The van der Waals surface area contributed by atoms with Crippen molar-refractivity contribution in [2.45, 2.75) is 18.9 Å². The quantitative estimate of drug-likeness (QED) is 0.848. The summed E-state index contributed by atoms with van der Waals surface area (Å²) in [5, 5.41) is 3.40. The number of methoxy groups -OCH3 is 2. The Kier molecular flexibility index (Phi) is 4.09. The van der Waals surface area contributed by atoms with Gasteiger partial charge in [-0.3, -0.25) is 0 Å². The summed E-state index contributed by atoms with van der Waals surface area (Å²) >= 11 is 0. The Morgan fingerprint density at radius 1 is 1.12 bits per heavy atom. The molecular formula is C13H19NO3. The molecule has 0 amide bonds. The molecule has 0 bridgehead atoms. The van der Waals surface area contributed by atoms with Gasteiger partial charge in [-0.25, -0.2) is 0 Å². The predicted molar refractivity (Wildman–Crippen MR) is 66.1 cm³/mol. The highest BCUT2D eigenvalue weighted by Crippen LogP contribution is 2.27. The smallest absolute Gasteiger partial charge is 0.126 e. The third-order valence-electron chi connectivity index (χ3n) is 2.94. The first kappa shape index (κ1) is 12.0. The molecule has 2 rings (SSSR count). The number of hydrogen-bond donors (Lipinski definition) is 1. The summed E-state index contributed by atoms with van der Waals surface area (Å²) in [4.78, 5) is 0. The Labute approximate surface area is 102 Å². The SMILES string of the molecule is COc1cc(OC)cc(OC[C@H]2CCCN2)c1. The second kappa shape index (κ2) is 5.77. The molecule has 0 aromatic heterocycles. The van der Waals surface area contributed by atoms with Crippen LogP contribution in [0.3, 0.4) is 0 Å². The van der Waals surface area contributed by atoms with Gasteiger partial charge in [0, 0.05) is 24.2 Å². The van der Waals surface area contributed by atoms with E-state index in [4.69, 9.17) is 14.2 Å². The highest BCUT2D eigenvalue weighted by Gasteiger charge is 2.14. The van der Waals surface area contributed by atoms with Crippen molar-refractivity contribution in [2.75, 3.05) is 27.4 Å². The molecule has 17 heavy (non-hydrogen) atoms. The minimum absolute atomic E-state index is 0.465. The fraction of sp³-hybridized carbons (Fsp3) is 0.538. The molecule has 1 saturated heterocycles. The first-order valence-electron chi connectivity index (χ1n) is 5.91. The molecule has 0 saturated carbocycles. The van der Waals surface area contributed by atoms with E-state index in [1.165, 1.54) is 12.8 Å². The zero-order valence-electron chi connectivity index (χ0n) is 10.4. The van der Waals surface area contributed by atoms with Crippen LogP contribution in [0.5, 0.6) is 17.2 Å². The molecule has 1 aliphatic heterocycles. The van der Waals surface area contributed by atoms with Crippen molar-refractivity contribution in [1.29, 1.82) is 0 Å². The number of rotatable bonds is 5. The van der Waals surface area contributed by atoms with Crippen molar-refractivity contribution < 1.29 is 14.2 Å². The molecule has 1 aliphatic rings. The lowest BCUT2D eigenvalue weighted by molar-refractivity contribution is 0.274. The van der Waals surface area contributed by atoms with Gasteiger partial charge in [-0.15, -0.1) is 0 Å². The molecule has 94 valence electrons. The summed E-state index contributed by atoms with van der Waals surface area (Å²) in [6, 6.07) is 6.04. The van der Waals surface area contributed by atoms with Crippen molar-refractivity contribution >= 4 is 0 Å². The summed E-state index contributed by atoms with van der Waals surface area (Å²) in [6.45, 7) is 1.78. The van der Waals surface area contributed by atoms with E-state index in [9.17, 15) is 0 Å². The van der Waals surface area contributed by atoms with Crippen LogP contribution in [0.25, 0.3) is 0 Å². The molecule has 0 spiro atoms. The van der Waals surface area contributed by atoms with Crippen LogP contribution < -0.4 is 19.5 Å². The standard InChI is InChI=1S/C13H19NO3/c1-15-11-6-12(16-2)8-13(7-11)17-9-10-4-3-5-14-10/h6-8,10,14H,3-5,9H2,1-2H3/t10-/m1/s1. The molecule has 1 atom stereocenters. The summed E-state index contributed by atoms with van der Waals surface area (Å²) in [5.41, 5.74) is 0. The van der Waals surface area contributed by atoms with Crippen LogP contribution in [0.1, 0.15) is 12.8 Å². The summed E-state index contributed by atoms with van der Waals surface area (Å²) in [7, 11) is 3.27. The fourth-order valence-electron chi connectivity index (χ4n) is 1.96. The van der Waals surface area contributed by atoms with E-state index in [1.807, 2.05) is 18.2 Å². The van der Waals surface area contributed by atoms with E-state index in [-0.39, 0.29) is 0 Å². The highest BCUT2D eigenvalue weighted by atomic mass is 16.5. The van der Waals surface area contributed by atoms with Crippen LogP contribution in [0.15, 0.2) is 18.2 Å². The van der Waals surface area contributed by atoms with Gasteiger partial charge in [0.1, 0.15) is 23.9 Å². The largest absolute Gasteiger partial charge is 0.496 e. The van der Waals surface area contributed by atoms with Gasteiger partial charge in [0.25, 0.3) is 0 Å². The highest BCUT2D eigenvalue weighted by molar-refractivity contribution is 5.42. The van der Waals surface area contributed by atoms with Gasteiger partial charge in [-0.05, 0) is 19.4 Å². The van der Waals surface area contributed by atoms with Crippen molar-refractivity contribution in [3.05, 3.63) is 18.2 Å². The fourth-order valence-corrected chi connectivity index (χ4v) is 1.96. The van der Waals surface area contributed by atoms with E-state index < -0.39 is 0 Å². The molecule has 1 fully saturated rings. The first-order valence-corrected chi connectivity index (χ1v) is 5.91. The Morgan fingerprint density at radius 2 is 1.76 bits per heavy atom. The number of benzene rings is 1. The van der Waals surface area contributed by atoms with Gasteiger partial charge in [0.2, 0.25) is 0 Å². The van der Waals surface area contributed by atoms with Gasteiger partial charge in [-0.1, -0.05) is 0 Å². The number of hydrogen-bond acceptors (Lipinski definition) is 4. The normalized spacial score (nSPS) is 19.1. The summed E-state index contributed by atoms with van der Waals surface area (Å²) < 4.78 is 16.1. The third kappa shape index (κ3) is 3.27. The summed E-state index contributed by atoms with van der Waals surface area (Å²) in [5.74, 6) is 2.28. The molecule has 0 radical (unpaired) electrons. The van der Waals surface area contributed by atoms with Crippen molar-refractivity contribution in [3.63, 3.8) is 0 Å². The Bertz CT molecular complexity index is 339. The topological polar surface area (TPSA) is 39.7 Å². The van der Waals surface area contributed by atoms with Gasteiger partial charge in [0.15, 0.2) is 0 Å².